The molecule has 1 aliphatic heterocycles. The van der Waals surface area contributed by atoms with Crippen molar-refractivity contribution >= 4 is 78.1 Å². The number of amidine groups is 1. The maximum Gasteiger partial charge on any atom is 0.264 e. The number of para-hydroxylation sites is 1. The summed E-state index contributed by atoms with van der Waals surface area (Å²) in [5.74, 6) is 0.422. The topological polar surface area (TPSA) is 50.7 Å². The summed E-state index contributed by atoms with van der Waals surface area (Å²) < 4.78 is 7.72. The van der Waals surface area contributed by atoms with Gasteiger partial charge in [0.15, 0.2) is 5.17 Å². The van der Waals surface area contributed by atoms with Gasteiger partial charge in [0.25, 0.3) is 5.91 Å². The molecule has 3 aromatic carbocycles. The second-order valence-electron chi connectivity index (χ2n) is 6.50. The molecular weight excluding hydrogens is 564 g/mol. The van der Waals surface area contributed by atoms with E-state index in [1.165, 1.54) is 11.8 Å². The van der Waals surface area contributed by atoms with Crippen LogP contribution in [0.1, 0.15) is 11.1 Å². The van der Waals surface area contributed by atoms with Gasteiger partial charge in [-0.2, -0.15) is 0 Å². The Hall–Kier alpha value is -2.06. The molecule has 3 aromatic rings. The number of carbonyl (C=O) groups is 1. The molecule has 156 valence electrons. The van der Waals surface area contributed by atoms with E-state index < -0.39 is 0 Å². The van der Waals surface area contributed by atoms with Crippen LogP contribution in [0.2, 0.25) is 5.02 Å². The fourth-order valence-electron chi connectivity index (χ4n) is 2.85. The average molecular weight is 579 g/mol. The maximum atomic E-state index is 12.5. The first-order chi connectivity index (χ1) is 15.0. The van der Waals surface area contributed by atoms with Gasteiger partial charge in [0.2, 0.25) is 0 Å². The molecule has 4 rings (SSSR count). The van der Waals surface area contributed by atoms with Crippen LogP contribution in [0.15, 0.2) is 85.6 Å². The molecule has 0 aliphatic carbocycles. The predicted octanol–water partition coefficient (Wildman–Crippen LogP) is 7.34. The molecule has 0 unspecified atom stereocenters. The lowest BCUT2D eigenvalue weighted by Crippen LogP contribution is -2.19. The summed E-state index contributed by atoms with van der Waals surface area (Å²) in [5, 5.41) is 3.99. The average Bonchev–Trinajstić information content (AvgIpc) is 3.08. The first-order valence-electron chi connectivity index (χ1n) is 9.19. The zero-order valence-electron chi connectivity index (χ0n) is 15.9. The summed E-state index contributed by atoms with van der Waals surface area (Å²) in [6.45, 7) is 0.302. The van der Waals surface area contributed by atoms with Gasteiger partial charge in [0, 0.05) is 20.6 Å². The van der Waals surface area contributed by atoms with Crippen molar-refractivity contribution in [1.82, 2.24) is 5.32 Å². The summed E-state index contributed by atoms with van der Waals surface area (Å²) in [6, 6.07) is 20.8. The van der Waals surface area contributed by atoms with E-state index in [0.717, 1.165) is 25.8 Å². The lowest BCUT2D eigenvalue weighted by atomic mass is 10.1. The van der Waals surface area contributed by atoms with Crippen LogP contribution in [-0.4, -0.2) is 11.1 Å². The second-order valence-corrected chi connectivity index (χ2v) is 9.71. The van der Waals surface area contributed by atoms with Crippen molar-refractivity contribution in [3.63, 3.8) is 0 Å². The van der Waals surface area contributed by atoms with E-state index in [0.29, 0.717) is 27.5 Å². The van der Waals surface area contributed by atoms with Gasteiger partial charge in [0.1, 0.15) is 12.4 Å². The van der Waals surface area contributed by atoms with Gasteiger partial charge in [0.05, 0.1) is 15.1 Å². The summed E-state index contributed by atoms with van der Waals surface area (Å²) in [4.78, 5) is 17.5. The van der Waals surface area contributed by atoms with Gasteiger partial charge in [-0.15, -0.1) is 0 Å². The number of rotatable bonds is 5. The zero-order chi connectivity index (χ0) is 21.8. The highest BCUT2D eigenvalue weighted by atomic mass is 79.9. The van der Waals surface area contributed by atoms with E-state index in [4.69, 9.17) is 16.3 Å². The van der Waals surface area contributed by atoms with Crippen molar-refractivity contribution in [2.75, 3.05) is 0 Å². The minimum absolute atomic E-state index is 0.201. The SMILES string of the molecule is O=C1NC(=Nc2ccccc2)S/C1=C\c1cc(Br)cc(Br)c1OCc1ccccc1Cl. The maximum absolute atomic E-state index is 12.5. The van der Waals surface area contributed by atoms with E-state index in [1.54, 1.807) is 6.08 Å². The van der Waals surface area contributed by atoms with Crippen LogP contribution in [0.5, 0.6) is 5.75 Å². The van der Waals surface area contributed by atoms with Crippen molar-refractivity contribution in [1.29, 1.82) is 0 Å². The Balaban J connectivity index is 1.61. The Morgan fingerprint density at radius 2 is 1.81 bits per heavy atom. The van der Waals surface area contributed by atoms with Crippen molar-refractivity contribution in [3.05, 3.63) is 96.7 Å². The number of amides is 1. The van der Waals surface area contributed by atoms with Gasteiger partial charge >= 0.3 is 0 Å². The quantitative estimate of drug-likeness (QED) is 0.323. The molecule has 0 saturated carbocycles. The molecule has 1 fully saturated rings. The number of ether oxygens (including phenoxy) is 1. The molecule has 1 amide bonds. The molecule has 1 heterocycles. The number of benzene rings is 3. The monoisotopic (exact) mass is 576 g/mol. The summed E-state index contributed by atoms with van der Waals surface area (Å²) in [7, 11) is 0. The minimum Gasteiger partial charge on any atom is -0.487 e. The molecule has 1 saturated heterocycles. The van der Waals surface area contributed by atoms with Crippen molar-refractivity contribution in [2.45, 2.75) is 6.61 Å². The Kier molecular flexibility index (Phi) is 7.17. The smallest absolute Gasteiger partial charge is 0.264 e. The molecule has 1 N–H and O–H groups in total. The first kappa shape index (κ1) is 22.1. The number of halogens is 3. The number of carbonyl (C=O) groups excluding carboxylic acids is 1. The second kappa shape index (κ2) is 10.0. The Bertz CT molecular complexity index is 1200. The highest BCUT2D eigenvalue weighted by molar-refractivity contribution is 9.11. The van der Waals surface area contributed by atoms with Gasteiger partial charge in [-0.1, -0.05) is 63.9 Å². The van der Waals surface area contributed by atoms with Crippen LogP contribution >= 0.6 is 55.2 Å². The number of nitrogens with one attached hydrogen (secondary N) is 1. The highest BCUT2D eigenvalue weighted by Crippen LogP contribution is 2.37. The molecular formula is C23H15Br2ClN2O2S. The predicted molar refractivity (Wildman–Crippen MR) is 135 cm³/mol. The first-order valence-corrected chi connectivity index (χ1v) is 12.0. The van der Waals surface area contributed by atoms with Gasteiger partial charge in [-0.05, 0) is 64.1 Å². The van der Waals surface area contributed by atoms with E-state index in [2.05, 4.69) is 42.2 Å². The zero-order valence-corrected chi connectivity index (χ0v) is 20.7. The molecule has 0 radical (unpaired) electrons. The van der Waals surface area contributed by atoms with Gasteiger partial charge < -0.3 is 10.1 Å². The van der Waals surface area contributed by atoms with Crippen LogP contribution in [0.3, 0.4) is 0 Å². The third-order valence-corrected chi connectivity index (χ3v) is 6.62. The van der Waals surface area contributed by atoms with Crippen molar-refractivity contribution < 1.29 is 9.53 Å². The molecule has 31 heavy (non-hydrogen) atoms. The lowest BCUT2D eigenvalue weighted by Gasteiger charge is -2.13. The van der Waals surface area contributed by atoms with Crippen LogP contribution < -0.4 is 10.1 Å². The number of hydrogen-bond acceptors (Lipinski definition) is 4. The Morgan fingerprint density at radius 1 is 1.06 bits per heavy atom. The van der Waals surface area contributed by atoms with Crippen molar-refractivity contribution in [2.24, 2.45) is 4.99 Å². The third-order valence-electron chi connectivity index (χ3n) is 4.29. The molecule has 0 bridgehead atoms. The van der Waals surface area contributed by atoms with Crippen LogP contribution in [0, 0.1) is 0 Å². The Labute approximate surface area is 206 Å². The lowest BCUT2D eigenvalue weighted by molar-refractivity contribution is -0.115. The molecule has 8 heteroatoms. The summed E-state index contributed by atoms with van der Waals surface area (Å²) in [5.41, 5.74) is 2.41. The fraction of sp³-hybridized carbons (Fsp3) is 0.0435. The van der Waals surface area contributed by atoms with Crippen molar-refractivity contribution in [3.8, 4) is 5.75 Å². The normalized spacial score (nSPS) is 16.0. The van der Waals surface area contributed by atoms with E-state index in [-0.39, 0.29) is 5.91 Å². The summed E-state index contributed by atoms with van der Waals surface area (Å²) >= 11 is 14.6. The largest absolute Gasteiger partial charge is 0.487 e. The number of hydrogen-bond donors (Lipinski definition) is 1. The van der Waals surface area contributed by atoms with E-state index in [9.17, 15) is 4.79 Å². The van der Waals surface area contributed by atoms with E-state index in [1.807, 2.05) is 66.7 Å². The minimum atomic E-state index is -0.201. The van der Waals surface area contributed by atoms with Gasteiger partial charge in [-0.3, -0.25) is 4.79 Å². The molecule has 0 spiro atoms. The molecule has 1 aliphatic rings. The summed E-state index contributed by atoms with van der Waals surface area (Å²) in [6.07, 6.45) is 1.80. The molecule has 4 nitrogen and oxygen atoms in total. The third kappa shape index (κ3) is 5.60. The van der Waals surface area contributed by atoms with Gasteiger partial charge in [-0.25, -0.2) is 4.99 Å². The molecule has 0 aromatic heterocycles. The van der Waals surface area contributed by atoms with Crippen LogP contribution in [-0.2, 0) is 11.4 Å². The number of thioether (sulfide) groups is 1. The number of aliphatic imine (C=N–C) groups is 1. The Morgan fingerprint density at radius 3 is 2.58 bits per heavy atom. The van der Waals surface area contributed by atoms with Crippen LogP contribution in [0.25, 0.3) is 6.08 Å². The fourth-order valence-corrected chi connectivity index (χ4v) is 5.24. The molecule has 0 atom stereocenters. The highest BCUT2D eigenvalue weighted by Gasteiger charge is 2.24. The standard InChI is InChI=1S/C23H15Br2ClN2O2S/c24-16-10-15(21(18(25)12-16)30-13-14-6-4-5-9-19(14)26)11-20-22(29)28-23(31-20)27-17-7-2-1-3-8-17/h1-12H,13H2,(H,27,28,29)/b20-11-. The van der Waals surface area contributed by atoms with Crippen LogP contribution in [0.4, 0.5) is 5.69 Å². The number of nitrogens with zero attached hydrogens (tertiary/aromatic N) is 1. The van der Waals surface area contributed by atoms with E-state index >= 15 is 0 Å².